The van der Waals surface area contributed by atoms with E-state index in [-0.39, 0.29) is 11.8 Å². The minimum atomic E-state index is -0.0925. The summed E-state index contributed by atoms with van der Waals surface area (Å²) in [5.74, 6) is 0.182. The van der Waals surface area contributed by atoms with Crippen molar-refractivity contribution in [1.29, 1.82) is 0 Å². The van der Waals surface area contributed by atoms with Gasteiger partial charge in [-0.2, -0.15) is 0 Å². The third-order valence-corrected chi connectivity index (χ3v) is 4.33. The summed E-state index contributed by atoms with van der Waals surface area (Å²) in [5.41, 5.74) is 1.81. The van der Waals surface area contributed by atoms with Crippen molar-refractivity contribution in [1.82, 2.24) is 5.32 Å². The standard InChI is InChI=1S/C16H15BrClNO/c1-11(12-5-3-2-4-6-12)10-19-16(20)13-7-8-15(18)14(17)9-13/h2-9,11H,10H2,1H3,(H,19,20). The molecule has 1 amide bonds. The van der Waals surface area contributed by atoms with E-state index in [4.69, 9.17) is 11.6 Å². The summed E-state index contributed by atoms with van der Waals surface area (Å²) >= 11 is 9.23. The summed E-state index contributed by atoms with van der Waals surface area (Å²) in [5, 5.41) is 3.54. The van der Waals surface area contributed by atoms with E-state index in [1.165, 1.54) is 5.56 Å². The van der Waals surface area contributed by atoms with E-state index >= 15 is 0 Å². The first-order chi connectivity index (χ1) is 9.58. The van der Waals surface area contributed by atoms with Crippen LogP contribution in [0.2, 0.25) is 5.02 Å². The highest BCUT2D eigenvalue weighted by Gasteiger charge is 2.10. The Bertz CT molecular complexity index is 601. The van der Waals surface area contributed by atoms with Crippen molar-refractivity contribution in [3.8, 4) is 0 Å². The van der Waals surface area contributed by atoms with Crippen LogP contribution < -0.4 is 5.32 Å². The Morgan fingerprint density at radius 1 is 1.25 bits per heavy atom. The summed E-state index contributed by atoms with van der Waals surface area (Å²) in [6, 6.07) is 15.3. The molecule has 0 radical (unpaired) electrons. The zero-order valence-corrected chi connectivity index (χ0v) is 13.4. The average molecular weight is 353 g/mol. The SMILES string of the molecule is CC(CNC(=O)c1ccc(Cl)c(Br)c1)c1ccccc1. The fraction of sp³-hybridized carbons (Fsp3) is 0.188. The highest BCUT2D eigenvalue weighted by atomic mass is 79.9. The molecule has 0 bridgehead atoms. The van der Waals surface area contributed by atoms with Crippen LogP contribution in [-0.4, -0.2) is 12.5 Å². The number of benzene rings is 2. The molecule has 2 nitrogen and oxygen atoms in total. The molecule has 104 valence electrons. The van der Waals surface area contributed by atoms with Crippen LogP contribution in [0.3, 0.4) is 0 Å². The van der Waals surface area contributed by atoms with Gasteiger partial charge in [0, 0.05) is 16.6 Å². The molecule has 2 rings (SSSR count). The van der Waals surface area contributed by atoms with Crippen LogP contribution in [0.15, 0.2) is 53.0 Å². The topological polar surface area (TPSA) is 29.1 Å². The molecule has 0 aromatic heterocycles. The minimum absolute atomic E-state index is 0.0925. The molecule has 1 unspecified atom stereocenters. The Balaban J connectivity index is 1.97. The largest absolute Gasteiger partial charge is 0.351 e. The number of amides is 1. The van der Waals surface area contributed by atoms with Gasteiger partial charge in [0.25, 0.3) is 5.91 Å². The highest BCUT2D eigenvalue weighted by Crippen LogP contribution is 2.23. The highest BCUT2D eigenvalue weighted by molar-refractivity contribution is 9.10. The maximum atomic E-state index is 12.1. The van der Waals surface area contributed by atoms with E-state index in [2.05, 4.69) is 40.3 Å². The van der Waals surface area contributed by atoms with Crippen LogP contribution in [0.4, 0.5) is 0 Å². The lowest BCUT2D eigenvalue weighted by molar-refractivity contribution is 0.0951. The predicted molar refractivity (Wildman–Crippen MR) is 86.3 cm³/mol. The van der Waals surface area contributed by atoms with E-state index < -0.39 is 0 Å². The van der Waals surface area contributed by atoms with Crippen molar-refractivity contribution in [3.63, 3.8) is 0 Å². The third kappa shape index (κ3) is 3.84. The number of halogens is 2. The summed E-state index contributed by atoms with van der Waals surface area (Å²) in [6.45, 7) is 2.69. The first-order valence-electron chi connectivity index (χ1n) is 6.36. The Morgan fingerprint density at radius 3 is 2.60 bits per heavy atom. The smallest absolute Gasteiger partial charge is 0.251 e. The van der Waals surface area contributed by atoms with Gasteiger partial charge < -0.3 is 5.32 Å². The van der Waals surface area contributed by atoms with Gasteiger partial charge in [0.1, 0.15) is 0 Å². The van der Waals surface area contributed by atoms with Gasteiger partial charge in [0.05, 0.1) is 5.02 Å². The Labute approximate surface area is 132 Å². The van der Waals surface area contributed by atoms with Crippen LogP contribution in [0, 0.1) is 0 Å². The Morgan fingerprint density at radius 2 is 1.95 bits per heavy atom. The first kappa shape index (κ1) is 15.1. The summed E-state index contributed by atoms with van der Waals surface area (Å²) in [4.78, 5) is 12.1. The van der Waals surface area contributed by atoms with Crippen LogP contribution in [0.25, 0.3) is 0 Å². The monoisotopic (exact) mass is 351 g/mol. The number of carbonyl (C=O) groups excluding carboxylic acids is 1. The average Bonchev–Trinajstić information content (AvgIpc) is 2.48. The van der Waals surface area contributed by atoms with Crippen molar-refractivity contribution in [2.45, 2.75) is 12.8 Å². The number of hydrogen-bond acceptors (Lipinski definition) is 1. The molecule has 1 N–H and O–H groups in total. The fourth-order valence-corrected chi connectivity index (χ4v) is 2.38. The molecule has 0 heterocycles. The van der Waals surface area contributed by atoms with Gasteiger partial charge in [-0.1, -0.05) is 48.9 Å². The Hall–Kier alpha value is -1.32. The van der Waals surface area contributed by atoms with E-state index in [9.17, 15) is 4.79 Å². The van der Waals surface area contributed by atoms with Gasteiger partial charge in [-0.25, -0.2) is 0 Å². The van der Waals surface area contributed by atoms with Gasteiger partial charge in [0.2, 0.25) is 0 Å². The molecular weight excluding hydrogens is 338 g/mol. The Kier molecular flexibility index (Phi) is 5.21. The predicted octanol–water partition coefficient (Wildman–Crippen LogP) is 4.64. The molecule has 0 spiro atoms. The zero-order chi connectivity index (χ0) is 14.5. The quantitative estimate of drug-likeness (QED) is 0.853. The number of carbonyl (C=O) groups is 1. The molecule has 0 aliphatic carbocycles. The lowest BCUT2D eigenvalue weighted by atomic mass is 10.0. The molecule has 20 heavy (non-hydrogen) atoms. The third-order valence-electron chi connectivity index (χ3n) is 3.12. The molecule has 4 heteroatoms. The zero-order valence-electron chi connectivity index (χ0n) is 11.1. The minimum Gasteiger partial charge on any atom is -0.351 e. The van der Waals surface area contributed by atoms with Crippen molar-refractivity contribution >= 4 is 33.4 Å². The molecule has 0 aliphatic heterocycles. The van der Waals surface area contributed by atoms with Crippen LogP contribution in [0.1, 0.15) is 28.8 Å². The van der Waals surface area contributed by atoms with Gasteiger partial charge in [-0.3, -0.25) is 4.79 Å². The lowest BCUT2D eigenvalue weighted by Gasteiger charge is -2.13. The maximum absolute atomic E-state index is 12.1. The normalized spacial score (nSPS) is 11.9. The molecule has 0 aliphatic rings. The van der Waals surface area contributed by atoms with Gasteiger partial charge in [0.15, 0.2) is 0 Å². The van der Waals surface area contributed by atoms with Gasteiger partial charge >= 0.3 is 0 Å². The second-order valence-electron chi connectivity index (χ2n) is 4.65. The first-order valence-corrected chi connectivity index (χ1v) is 7.53. The van der Waals surface area contributed by atoms with E-state index in [1.807, 2.05) is 18.2 Å². The summed E-state index contributed by atoms with van der Waals surface area (Å²) in [7, 11) is 0. The van der Waals surface area contributed by atoms with Crippen molar-refractivity contribution in [2.75, 3.05) is 6.54 Å². The van der Waals surface area contributed by atoms with Gasteiger partial charge in [-0.15, -0.1) is 0 Å². The van der Waals surface area contributed by atoms with Crippen molar-refractivity contribution in [3.05, 3.63) is 69.2 Å². The summed E-state index contributed by atoms with van der Waals surface area (Å²) < 4.78 is 0.725. The van der Waals surface area contributed by atoms with Crippen LogP contribution in [0.5, 0.6) is 0 Å². The number of nitrogens with one attached hydrogen (secondary N) is 1. The van der Waals surface area contributed by atoms with Crippen LogP contribution >= 0.6 is 27.5 Å². The fourth-order valence-electron chi connectivity index (χ4n) is 1.88. The molecule has 2 aromatic carbocycles. The lowest BCUT2D eigenvalue weighted by Crippen LogP contribution is -2.27. The van der Waals surface area contributed by atoms with E-state index in [0.717, 1.165) is 4.47 Å². The molecule has 0 saturated heterocycles. The molecule has 2 aromatic rings. The number of rotatable bonds is 4. The van der Waals surface area contributed by atoms with Crippen molar-refractivity contribution < 1.29 is 4.79 Å². The number of hydrogen-bond donors (Lipinski definition) is 1. The second kappa shape index (κ2) is 6.91. The molecule has 0 fully saturated rings. The van der Waals surface area contributed by atoms with E-state index in [0.29, 0.717) is 17.1 Å². The second-order valence-corrected chi connectivity index (χ2v) is 5.91. The van der Waals surface area contributed by atoms with E-state index in [1.54, 1.807) is 18.2 Å². The summed E-state index contributed by atoms with van der Waals surface area (Å²) in [6.07, 6.45) is 0. The molecular formula is C16H15BrClNO. The van der Waals surface area contributed by atoms with Crippen molar-refractivity contribution in [2.24, 2.45) is 0 Å². The molecule has 0 saturated carbocycles. The molecule has 1 atom stereocenters. The maximum Gasteiger partial charge on any atom is 0.251 e. The van der Waals surface area contributed by atoms with Crippen LogP contribution in [-0.2, 0) is 0 Å². The van der Waals surface area contributed by atoms with Gasteiger partial charge in [-0.05, 0) is 45.6 Å².